The smallest absolute Gasteiger partial charge is 0.275 e. The number of amides is 1. The monoisotopic (exact) mass is 340 g/mol. The molecule has 1 fully saturated rings. The van der Waals surface area contributed by atoms with Crippen molar-refractivity contribution in [2.24, 2.45) is 0 Å². The van der Waals surface area contributed by atoms with Crippen LogP contribution < -0.4 is 5.73 Å². The zero-order valence-corrected chi connectivity index (χ0v) is 13.5. The van der Waals surface area contributed by atoms with Crippen LogP contribution in [0.2, 0.25) is 0 Å². The second-order valence-corrected chi connectivity index (χ2v) is 6.02. The van der Waals surface area contributed by atoms with Crippen LogP contribution in [0.1, 0.15) is 23.3 Å². The molecule has 0 atom stereocenters. The van der Waals surface area contributed by atoms with E-state index in [-0.39, 0.29) is 11.9 Å². The highest BCUT2D eigenvalue weighted by Gasteiger charge is 2.27. The Labute approximate surface area is 143 Å². The van der Waals surface area contributed by atoms with Gasteiger partial charge >= 0.3 is 0 Å². The van der Waals surface area contributed by atoms with Crippen molar-refractivity contribution in [3.8, 4) is 5.82 Å². The average Bonchev–Trinajstić information content (AvgIpc) is 3.01. The number of hydrogen-bond acceptors (Lipinski definition) is 5. The van der Waals surface area contributed by atoms with E-state index in [0.717, 1.165) is 10.9 Å². The van der Waals surface area contributed by atoms with E-state index < -0.39 is 6.17 Å². The Morgan fingerprint density at radius 1 is 1.20 bits per heavy atom. The fourth-order valence-electron chi connectivity index (χ4n) is 3.08. The van der Waals surface area contributed by atoms with E-state index in [9.17, 15) is 9.18 Å². The van der Waals surface area contributed by atoms with Crippen LogP contribution in [-0.2, 0) is 0 Å². The standard InChI is InChI=1S/C17H17FN6O/c18-11-6-9-23(10-7-11)16(25)15-12-3-1-2-4-13(12)24(22-15)14-5-8-20-17(19)21-14/h1-5,8,11H,6-7,9-10H2,(H2,19,20,21). The predicted octanol–water partition coefficient (Wildman–Crippen LogP) is 1.97. The number of anilines is 1. The number of alkyl halides is 1. The Morgan fingerprint density at radius 3 is 2.72 bits per heavy atom. The Kier molecular flexibility index (Phi) is 3.79. The Hall–Kier alpha value is -3.03. The van der Waals surface area contributed by atoms with Crippen molar-refractivity contribution in [3.63, 3.8) is 0 Å². The maximum Gasteiger partial charge on any atom is 0.275 e. The van der Waals surface area contributed by atoms with Crippen molar-refractivity contribution in [2.45, 2.75) is 19.0 Å². The number of piperidine rings is 1. The molecule has 25 heavy (non-hydrogen) atoms. The molecule has 1 amide bonds. The van der Waals surface area contributed by atoms with Crippen molar-refractivity contribution in [3.05, 3.63) is 42.2 Å². The number of nitrogen functional groups attached to an aromatic ring is 1. The lowest BCUT2D eigenvalue weighted by Gasteiger charge is -2.28. The maximum atomic E-state index is 13.4. The topological polar surface area (TPSA) is 89.9 Å². The summed E-state index contributed by atoms with van der Waals surface area (Å²) in [5, 5.41) is 5.21. The van der Waals surface area contributed by atoms with Crippen LogP contribution in [0.25, 0.3) is 16.7 Å². The summed E-state index contributed by atoms with van der Waals surface area (Å²) in [6, 6.07) is 9.11. The number of likely N-dealkylation sites (tertiary alicyclic amines) is 1. The molecular formula is C17H17FN6O. The summed E-state index contributed by atoms with van der Waals surface area (Å²) in [5.74, 6) is 0.434. The van der Waals surface area contributed by atoms with Crippen molar-refractivity contribution in [1.29, 1.82) is 0 Å². The number of benzene rings is 1. The fraction of sp³-hybridized carbons (Fsp3) is 0.294. The number of para-hydroxylation sites is 1. The first kappa shape index (κ1) is 15.5. The molecule has 8 heteroatoms. The minimum atomic E-state index is -0.831. The first-order valence-corrected chi connectivity index (χ1v) is 8.13. The lowest BCUT2D eigenvalue weighted by molar-refractivity contribution is 0.0662. The van der Waals surface area contributed by atoms with E-state index >= 15 is 0 Å². The largest absolute Gasteiger partial charge is 0.368 e. The van der Waals surface area contributed by atoms with Crippen LogP contribution in [0.4, 0.5) is 10.3 Å². The summed E-state index contributed by atoms with van der Waals surface area (Å²) in [5.41, 5.74) is 6.75. The van der Waals surface area contributed by atoms with Gasteiger partial charge in [-0.15, -0.1) is 0 Å². The number of carbonyl (C=O) groups excluding carboxylic acids is 1. The lowest BCUT2D eigenvalue weighted by atomic mass is 10.1. The van der Waals surface area contributed by atoms with Gasteiger partial charge in [0, 0.05) is 30.7 Å². The van der Waals surface area contributed by atoms with Gasteiger partial charge in [0.25, 0.3) is 5.91 Å². The first-order chi connectivity index (χ1) is 12.1. The Morgan fingerprint density at radius 2 is 1.96 bits per heavy atom. The number of aromatic nitrogens is 4. The highest BCUT2D eigenvalue weighted by molar-refractivity contribution is 6.05. The molecular weight excluding hydrogens is 323 g/mol. The SMILES string of the molecule is Nc1nccc(-n2nc(C(=O)N3CCC(F)CC3)c3ccccc32)n1. The molecule has 0 saturated carbocycles. The minimum Gasteiger partial charge on any atom is -0.368 e. The summed E-state index contributed by atoms with van der Waals surface area (Å²) < 4.78 is 14.9. The van der Waals surface area contributed by atoms with Crippen molar-refractivity contribution < 1.29 is 9.18 Å². The van der Waals surface area contributed by atoms with Gasteiger partial charge in [-0.3, -0.25) is 4.79 Å². The highest BCUT2D eigenvalue weighted by atomic mass is 19.1. The van der Waals surface area contributed by atoms with Crippen LogP contribution in [0.15, 0.2) is 36.5 Å². The van der Waals surface area contributed by atoms with Gasteiger partial charge in [0.05, 0.1) is 5.52 Å². The van der Waals surface area contributed by atoms with Crippen LogP contribution in [0.3, 0.4) is 0 Å². The number of fused-ring (bicyclic) bond motifs is 1. The molecule has 0 aliphatic carbocycles. The molecule has 1 aromatic carbocycles. The molecule has 3 aromatic rings. The molecule has 2 aromatic heterocycles. The van der Waals surface area contributed by atoms with Gasteiger partial charge < -0.3 is 10.6 Å². The minimum absolute atomic E-state index is 0.134. The van der Waals surface area contributed by atoms with E-state index in [1.807, 2.05) is 24.3 Å². The second-order valence-electron chi connectivity index (χ2n) is 6.02. The summed E-state index contributed by atoms with van der Waals surface area (Å²) in [4.78, 5) is 22.6. The summed E-state index contributed by atoms with van der Waals surface area (Å²) in [6.45, 7) is 0.809. The number of nitrogens with two attached hydrogens (primary N) is 1. The van der Waals surface area contributed by atoms with Gasteiger partial charge in [-0.1, -0.05) is 18.2 Å². The molecule has 0 bridgehead atoms. The van der Waals surface area contributed by atoms with Crippen LogP contribution in [0, 0.1) is 0 Å². The van der Waals surface area contributed by atoms with Crippen molar-refractivity contribution in [1.82, 2.24) is 24.6 Å². The molecule has 0 unspecified atom stereocenters. The third-order valence-corrected chi connectivity index (χ3v) is 4.38. The molecule has 4 rings (SSSR count). The summed E-state index contributed by atoms with van der Waals surface area (Å²) in [6.07, 6.45) is 1.45. The van der Waals surface area contributed by atoms with Gasteiger partial charge in [-0.25, -0.2) is 14.1 Å². The van der Waals surface area contributed by atoms with E-state index in [2.05, 4.69) is 15.1 Å². The van der Waals surface area contributed by atoms with Crippen LogP contribution >= 0.6 is 0 Å². The maximum absolute atomic E-state index is 13.4. The van der Waals surface area contributed by atoms with Crippen LogP contribution in [-0.4, -0.2) is 49.8 Å². The fourth-order valence-corrected chi connectivity index (χ4v) is 3.08. The Bertz CT molecular complexity index is 932. The molecule has 7 nitrogen and oxygen atoms in total. The van der Waals surface area contributed by atoms with Crippen molar-refractivity contribution >= 4 is 22.8 Å². The number of rotatable bonds is 2. The molecule has 1 aliphatic heterocycles. The van der Waals surface area contributed by atoms with Gasteiger partial charge in [0.15, 0.2) is 11.5 Å². The number of hydrogen-bond donors (Lipinski definition) is 1. The summed E-state index contributed by atoms with van der Waals surface area (Å²) >= 11 is 0. The molecule has 2 N–H and O–H groups in total. The third kappa shape index (κ3) is 2.79. The molecule has 3 heterocycles. The molecule has 0 spiro atoms. The highest BCUT2D eigenvalue weighted by Crippen LogP contribution is 2.24. The number of carbonyl (C=O) groups is 1. The lowest BCUT2D eigenvalue weighted by Crippen LogP contribution is -2.39. The van der Waals surface area contributed by atoms with Gasteiger partial charge in [0.1, 0.15) is 6.17 Å². The van der Waals surface area contributed by atoms with Gasteiger partial charge in [0.2, 0.25) is 5.95 Å². The van der Waals surface area contributed by atoms with Crippen molar-refractivity contribution in [2.75, 3.05) is 18.8 Å². The average molecular weight is 340 g/mol. The zero-order chi connectivity index (χ0) is 17.4. The molecule has 128 valence electrons. The molecule has 1 aliphatic rings. The quantitative estimate of drug-likeness (QED) is 0.770. The predicted molar refractivity (Wildman–Crippen MR) is 91.1 cm³/mol. The van der Waals surface area contributed by atoms with E-state index in [1.165, 1.54) is 0 Å². The van der Waals surface area contributed by atoms with E-state index in [0.29, 0.717) is 37.4 Å². The van der Waals surface area contributed by atoms with E-state index in [1.54, 1.807) is 21.8 Å². The van der Waals surface area contributed by atoms with Gasteiger partial charge in [-0.2, -0.15) is 10.1 Å². The molecule has 0 radical (unpaired) electrons. The van der Waals surface area contributed by atoms with E-state index in [4.69, 9.17) is 5.73 Å². The number of nitrogens with zero attached hydrogens (tertiary/aromatic N) is 5. The summed E-state index contributed by atoms with van der Waals surface area (Å²) in [7, 11) is 0. The first-order valence-electron chi connectivity index (χ1n) is 8.13. The van der Waals surface area contributed by atoms with Crippen LogP contribution in [0.5, 0.6) is 0 Å². The number of halogens is 1. The second kappa shape index (κ2) is 6.12. The normalized spacial score (nSPS) is 15.6. The zero-order valence-electron chi connectivity index (χ0n) is 13.5. The Balaban J connectivity index is 1.79. The van der Waals surface area contributed by atoms with Gasteiger partial charge in [-0.05, 0) is 18.9 Å². The third-order valence-electron chi connectivity index (χ3n) is 4.38. The molecule has 1 saturated heterocycles.